The molecule has 0 saturated carbocycles. The Hall–Kier alpha value is -1.06. The maximum Gasteiger partial charge on any atom is 0.326 e. The van der Waals surface area contributed by atoms with E-state index in [1.807, 2.05) is 20.8 Å². The molecule has 0 bridgehead atoms. The molecule has 0 heterocycles. The second-order valence-corrected chi connectivity index (χ2v) is 7.28. The first-order valence-electron chi connectivity index (χ1n) is 8.81. The molecule has 22 heavy (non-hydrogen) atoms. The number of aliphatic carboxylic acids is 1. The first kappa shape index (κ1) is 20.9. The van der Waals surface area contributed by atoms with Crippen LogP contribution in [0.4, 0.5) is 0 Å². The molecule has 0 aromatic rings. The zero-order chi connectivity index (χ0) is 17.0. The van der Waals surface area contributed by atoms with Gasteiger partial charge in [-0.2, -0.15) is 0 Å². The van der Waals surface area contributed by atoms with Crippen molar-refractivity contribution in [3.05, 3.63) is 0 Å². The molecule has 0 radical (unpaired) electrons. The lowest BCUT2D eigenvalue weighted by Crippen LogP contribution is -2.49. The molecule has 1 atom stereocenters. The highest BCUT2D eigenvalue weighted by Crippen LogP contribution is 2.19. The molecule has 0 aliphatic rings. The quantitative estimate of drug-likeness (QED) is 0.520. The van der Waals surface area contributed by atoms with Gasteiger partial charge in [0.15, 0.2) is 0 Å². The Labute approximate surface area is 136 Å². The molecule has 0 aromatic heterocycles. The number of hydrogen-bond acceptors (Lipinski definition) is 2. The zero-order valence-electron chi connectivity index (χ0n) is 14.9. The number of nitrogens with one attached hydrogen (secondary N) is 1. The first-order chi connectivity index (χ1) is 10.3. The molecule has 0 saturated heterocycles. The molecule has 0 aliphatic heterocycles. The molecular weight excluding hydrogens is 278 g/mol. The highest BCUT2D eigenvalue weighted by Gasteiger charge is 2.32. The molecule has 0 unspecified atom stereocenters. The van der Waals surface area contributed by atoms with E-state index in [0.717, 1.165) is 12.8 Å². The van der Waals surface area contributed by atoms with Crippen LogP contribution in [0, 0.1) is 5.41 Å². The van der Waals surface area contributed by atoms with Gasteiger partial charge in [0.05, 0.1) is 0 Å². The van der Waals surface area contributed by atoms with Gasteiger partial charge in [0.1, 0.15) is 6.04 Å². The average Bonchev–Trinajstić information content (AvgIpc) is 2.41. The summed E-state index contributed by atoms with van der Waals surface area (Å²) in [7, 11) is 0. The monoisotopic (exact) mass is 313 g/mol. The van der Waals surface area contributed by atoms with Gasteiger partial charge in [-0.15, -0.1) is 0 Å². The summed E-state index contributed by atoms with van der Waals surface area (Å²) in [4.78, 5) is 23.0. The van der Waals surface area contributed by atoms with Crippen LogP contribution >= 0.6 is 0 Å². The van der Waals surface area contributed by atoms with Crippen LogP contribution in [0.3, 0.4) is 0 Å². The minimum atomic E-state index is -0.965. The van der Waals surface area contributed by atoms with Gasteiger partial charge in [0.25, 0.3) is 0 Å². The summed E-state index contributed by atoms with van der Waals surface area (Å²) in [5, 5.41) is 11.8. The number of carboxylic acids is 1. The fourth-order valence-electron chi connectivity index (χ4n) is 2.48. The van der Waals surface area contributed by atoms with Gasteiger partial charge in [-0.05, 0) is 11.8 Å². The van der Waals surface area contributed by atoms with Crippen molar-refractivity contribution in [2.45, 2.75) is 97.9 Å². The standard InChI is InChI=1S/C18H35NO3/c1-5-6-7-8-9-10-11-12-13-14-15(20)19-16(17(21)22)18(2,3)4/h16H,5-14H2,1-4H3,(H,19,20)(H,21,22)/t16-/m1/s1. The van der Waals surface area contributed by atoms with Crippen LogP contribution in [0.5, 0.6) is 0 Å². The third-order valence-electron chi connectivity index (χ3n) is 3.93. The number of rotatable bonds is 12. The minimum absolute atomic E-state index is 0.148. The van der Waals surface area contributed by atoms with Crippen LogP contribution in [0.15, 0.2) is 0 Å². The lowest BCUT2D eigenvalue weighted by molar-refractivity contribution is -0.144. The number of unbranched alkanes of at least 4 members (excludes halogenated alkanes) is 8. The average molecular weight is 313 g/mol. The maximum atomic E-state index is 11.8. The zero-order valence-corrected chi connectivity index (χ0v) is 14.9. The lowest BCUT2D eigenvalue weighted by atomic mass is 9.86. The van der Waals surface area contributed by atoms with Crippen molar-refractivity contribution in [3.63, 3.8) is 0 Å². The van der Waals surface area contributed by atoms with Crippen LogP contribution in [0.1, 0.15) is 91.9 Å². The number of carbonyl (C=O) groups excluding carboxylic acids is 1. The Morgan fingerprint density at radius 2 is 1.36 bits per heavy atom. The molecule has 0 fully saturated rings. The van der Waals surface area contributed by atoms with Crippen molar-refractivity contribution in [3.8, 4) is 0 Å². The fraction of sp³-hybridized carbons (Fsp3) is 0.889. The van der Waals surface area contributed by atoms with E-state index in [1.165, 1.54) is 44.9 Å². The predicted molar refractivity (Wildman–Crippen MR) is 90.9 cm³/mol. The van der Waals surface area contributed by atoms with Crippen molar-refractivity contribution in [1.82, 2.24) is 5.32 Å². The van der Waals surface area contributed by atoms with E-state index in [-0.39, 0.29) is 5.91 Å². The van der Waals surface area contributed by atoms with Gasteiger partial charge in [0.2, 0.25) is 5.91 Å². The molecule has 130 valence electrons. The molecule has 4 heteroatoms. The van der Waals surface area contributed by atoms with Crippen molar-refractivity contribution >= 4 is 11.9 Å². The Kier molecular flexibility index (Phi) is 10.9. The van der Waals surface area contributed by atoms with Crippen molar-refractivity contribution in [2.75, 3.05) is 0 Å². The summed E-state index contributed by atoms with van der Waals surface area (Å²) in [6.07, 6.45) is 11.3. The predicted octanol–water partition coefficient (Wildman–Crippen LogP) is 4.52. The van der Waals surface area contributed by atoms with Gasteiger partial charge < -0.3 is 10.4 Å². The third-order valence-corrected chi connectivity index (χ3v) is 3.93. The highest BCUT2D eigenvalue weighted by molar-refractivity contribution is 5.84. The maximum absolute atomic E-state index is 11.8. The molecule has 0 aromatic carbocycles. The van der Waals surface area contributed by atoms with Crippen molar-refractivity contribution in [1.29, 1.82) is 0 Å². The Bertz CT molecular complexity index is 321. The molecule has 4 nitrogen and oxygen atoms in total. The van der Waals surface area contributed by atoms with Gasteiger partial charge in [-0.1, -0.05) is 79.1 Å². The van der Waals surface area contributed by atoms with Gasteiger partial charge in [-0.3, -0.25) is 4.79 Å². The highest BCUT2D eigenvalue weighted by atomic mass is 16.4. The van der Waals surface area contributed by atoms with Gasteiger partial charge in [-0.25, -0.2) is 4.79 Å². The Morgan fingerprint density at radius 3 is 1.77 bits per heavy atom. The van der Waals surface area contributed by atoms with Crippen LogP contribution in [0.25, 0.3) is 0 Å². The normalized spacial score (nSPS) is 12.9. The fourth-order valence-corrected chi connectivity index (χ4v) is 2.48. The van der Waals surface area contributed by atoms with Crippen LogP contribution in [-0.4, -0.2) is 23.0 Å². The van der Waals surface area contributed by atoms with Crippen LogP contribution < -0.4 is 5.32 Å². The largest absolute Gasteiger partial charge is 0.480 e. The molecule has 2 N–H and O–H groups in total. The minimum Gasteiger partial charge on any atom is -0.480 e. The van der Waals surface area contributed by atoms with E-state index >= 15 is 0 Å². The number of carbonyl (C=O) groups is 2. The second-order valence-electron chi connectivity index (χ2n) is 7.28. The van der Waals surface area contributed by atoms with E-state index in [2.05, 4.69) is 12.2 Å². The summed E-state index contributed by atoms with van der Waals surface area (Å²) in [5.74, 6) is -1.11. The molecule has 0 rings (SSSR count). The van der Waals surface area contributed by atoms with Crippen molar-refractivity contribution < 1.29 is 14.7 Å². The summed E-state index contributed by atoms with van der Waals surface area (Å²) < 4.78 is 0. The van der Waals surface area contributed by atoms with E-state index in [4.69, 9.17) is 0 Å². The SMILES string of the molecule is CCCCCCCCCCCC(=O)N[C@H](C(=O)O)C(C)(C)C. The topological polar surface area (TPSA) is 66.4 Å². The molecule has 1 amide bonds. The van der Waals surface area contributed by atoms with E-state index in [1.54, 1.807) is 0 Å². The van der Waals surface area contributed by atoms with E-state index in [0.29, 0.717) is 6.42 Å². The summed E-state index contributed by atoms with van der Waals surface area (Å²) >= 11 is 0. The molecular formula is C18H35NO3. The van der Waals surface area contributed by atoms with Crippen LogP contribution in [0.2, 0.25) is 0 Å². The van der Waals surface area contributed by atoms with E-state index < -0.39 is 17.4 Å². The summed E-state index contributed by atoms with van der Waals surface area (Å²) in [6.45, 7) is 7.69. The summed E-state index contributed by atoms with van der Waals surface area (Å²) in [6, 6.07) is -0.821. The third kappa shape index (κ3) is 10.6. The second kappa shape index (κ2) is 11.5. The number of hydrogen-bond donors (Lipinski definition) is 2. The van der Waals surface area contributed by atoms with Gasteiger partial charge >= 0.3 is 5.97 Å². The molecule has 0 aliphatic carbocycles. The Balaban J connectivity index is 3.71. The Morgan fingerprint density at radius 1 is 0.909 bits per heavy atom. The van der Waals surface area contributed by atoms with Crippen molar-refractivity contribution in [2.24, 2.45) is 5.41 Å². The first-order valence-corrected chi connectivity index (χ1v) is 8.81. The number of carboxylic acid groups (broad SMARTS) is 1. The smallest absolute Gasteiger partial charge is 0.326 e. The van der Waals surface area contributed by atoms with Gasteiger partial charge in [0, 0.05) is 6.42 Å². The van der Waals surface area contributed by atoms with Crippen LogP contribution in [-0.2, 0) is 9.59 Å². The van der Waals surface area contributed by atoms with E-state index in [9.17, 15) is 14.7 Å². The molecule has 0 spiro atoms. The number of amides is 1. The lowest BCUT2D eigenvalue weighted by Gasteiger charge is -2.27. The summed E-state index contributed by atoms with van der Waals surface area (Å²) in [5.41, 5.74) is -0.472.